The Balaban J connectivity index is 2.41. The van der Waals surface area contributed by atoms with Crippen LogP contribution in [-0.4, -0.2) is 37.3 Å². The van der Waals surface area contributed by atoms with Gasteiger partial charge in [0.15, 0.2) is 0 Å². The van der Waals surface area contributed by atoms with Gasteiger partial charge in [-0.15, -0.1) is 0 Å². The van der Waals surface area contributed by atoms with Crippen LogP contribution in [0.3, 0.4) is 0 Å². The van der Waals surface area contributed by atoms with Crippen LogP contribution in [0, 0.1) is 0 Å². The standard InChI is InChI=1S/C22H13Br2ClF10N2O2/c23-14-4-10(5-15(24)18(14)25)12(21(30,31)32)6-16(26)9-1-2-11(13(3-9)22(33,34)35)19(39)36-7-17(38)37-8-20(27,28)29/h1-6,12H,7-8H2,(H,36,39)(H,37,38). The summed E-state index contributed by atoms with van der Waals surface area (Å²) >= 11 is 11.8. The zero-order valence-electron chi connectivity index (χ0n) is 18.7. The molecule has 0 aliphatic carbocycles. The van der Waals surface area contributed by atoms with Crippen molar-refractivity contribution in [1.82, 2.24) is 10.6 Å². The molecule has 0 aliphatic heterocycles. The van der Waals surface area contributed by atoms with Crippen molar-refractivity contribution >= 4 is 61.1 Å². The lowest BCUT2D eigenvalue weighted by molar-refractivity contribution is -0.140. The largest absolute Gasteiger partial charge is 0.417 e. The summed E-state index contributed by atoms with van der Waals surface area (Å²) < 4.78 is 133. The summed E-state index contributed by atoms with van der Waals surface area (Å²) in [6.45, 7) is -2.87. The quantitative estimate of drug-likeness (QED) is 0.225. The summed E-state index contributed by atoms with van der Waals surface area (Å²) in [6, 6.07) is 3.04. The van der Waals surface area contributed by atoms with Gasteiger partial charge in [-0.3, -0.25) is 9.59 Å². The lowest BCUT2D eigenvalue weighted by Crippen LogP contribution is -2.41. The van der Waals surface area contributed by atoms with Crippen molar-refractivity contribution in [3.05, 3.63) is 72.6 Å². The van der Waals surface area contributed by atoms with Crippen LogP contribution >= 0.6 is 43.5 Å². The monoisotopic (exact) mass is 720 g/mol. The molecule has 0 saturated carbocycles. The van der Waals surface area contributed by atoms with E-state index >= 15 is 0 Å². The Morgan fingerprint density at radius 1 is 0.923 bits per heavy atom. The number of nitrogens with one attached hydrogen (secondary N) is 2. The number of carbonyl (C=O) groups is 2. The molecule has 0 saturated heterocycles. The van der Waals surface area contributed by atoms with Crippen LogP contribution < -0.4 is 10.6 Å². The van der Waals surface area contributed by atoms with E-state index in [1.807, 2.05) is 0 Å². The number of hydrogen-bond acceptors (Lipinski definition) is 2. The minimum absolute atomic E-state index is 0.0191. The molecule has 1 atom stereocenters. The van der Waals surface area contributed by atoms with Gasteiger partial charge in [-0.25, -0.2) is 4.39 Å². The molecule has 0 aromatic heterocycles. The zero-order valence-corrected chi connectivity index (χ0v) is 22.6. The van der Waals surface area contributed by atoms with E-state index in [2.05, 4.69) is 31.9 Å². The minimum Gasteiger partial charge on any atom is -0.345 e. The number of allylic oxidation sites excluding steroid dienone is 1. The van der Waals surface area contributed by atoms with Gasteiger partial charge in [0.1, 0.15) is 18.3 Å². The maximum absolute atomic E-state index is 14.9. The molecule has 0 spiro atoms. The maximum Gasteiger partial charge on any atom is 0.417 e. The van der Waals surface area contributed by atoms with Gasteiger partial charge in [-0.05, 0) is 67.8 Å². The van der Waals surface area contributed by atoms with Crippen LogP contribution in [0.4, 0.5) is 43.9 Å². The SMILES string of the molecule is O=C(CNC(=O)c1ccc(C(F)=CC(c2cc(Br)c(Cl)c(Br)c2)C(F)(F)F)cc1C(F)(F)F)NCC(F)(F)F. The Kier molecular flexibility index (Phi) is 10.5. The normalized spacial score (nSPS) is 13.7. The van der Waals surface area contributed by atoms with Gasteiger partial charge in [0.2, 0.25) is 5.91 Å². The molecule has 0 heterocycles. The van der Waals surface area contributed by atoms with Crippen molar-refractivity contribution in [2.75, 3.05) is 13.1 Å². The number of alkyl halides is 9. The van der Waals surface area contributed by atoms with Gasteiger partial charge >= 0.3 is 18.5 Å². The lowest BCUT2D eigenvalue weighted by atomic mass is 9.95. The summed E-state index contributed by atoms with van der Waals surface area (Å²) in [5.74, 6) is -7.23. The first-order chi connectivity index (χ1) is 17.7. The van der Waals surface area contributed by atoms with Crippen molar-refractivity contribution in [3.8, 4) is 0 Å². The number of halogens is 13. The second-order valence-electron chi connectivity index (χ2n) is 7.67. The fourth-order valence-corrected chi connectivity index (χ4v) is 4.35. The second kappa shape index (κ2) is 12.5. The van der Waals surface area contributed by atoms with E-state index in [9.17, 15) is 53.5 Å². The highest BCUT2D eigenvalue weighted by Gasteiger charge is 2.41. The number of carbonyl (C=O) groups excluding carboxylic acids is 2. The van der Waals surface area contributed by atoms with Crippen molar-refractivity contribution < 1.29 is 53.5 Å². The third kappa shape index (κ3) is 9.38. The molecule has 0 bridgehead atoms. The molecule has 2 aromatic rings. The molecule has 2 amide bonds. The highest BCUT2D eigenvalue weighted by Crippen LogP contribution is 2.43. The van der Waals surface area contributed by atoms with Crippen molar-refractivity contribution in [3.63, 3.8) is 0 Å². The summed E-state index contributed by atoms with van der Waals surface area (Å²) in [5, 5.41) is 3.10. The second-order valence-corrected chi connectivity index (χ2v) is 9.75. The number of benzene rings is 2. The molecule has 1 unspecified atom stereocenters. The molecular weight excluding hydrogens is 709 g/mol. The van der Waals surface area contributed by atoms with Gasteiger partial charge in [0, 0.05) is 14.5 Å². The smallest absolute Gasteiger partial charge is 0.345 e. The first kappa shape index (κ1) is 32.9. The Bertz CT molecular complexity index is 1250. The third-order valence-electron chi connectivity index (χ3n) is 4.77. The van der Waals surface area contributed by atoms with Gasteiger partial charge in [0.05, 0.1) is 22.7 Å². The molecule has 2 N–H and O–H groups in total. The van der Waals surface area contributed by atoms with Crippen molar-refractivity contribution in [1.29, 1.82) is 0 Å². The average molecular weight is 723 g/mol. The Labute approximate surface area is 235 Å². The van der Waals surface area contributed by atoms with Gasteiger partial charge < -0.3 is 10.6 Å². The van der Waals surface area contributed by atoms with Gasteiger partial charge in [-0.2, -0.15) is 39.5 Å². The summed E-state index contributed by atoms with van der Waals surface area (Å²) in [6.07, 6.45) is -15.1. The van der Waals surface area contributed by atoms with E-state index in [4.69, 9.17) is 11.6 Å². The highest BCUT2D eigenvalue weighted by atomic mass is 79.9. The summed E-state index contributed by atoms with van der Waals surface area (Å²) in [5.41, 5.74) is -4.38. The van der Waals surface area contributed by atoms with Crippen LogP contribution in [0.25, 0.3) is 5.83 Å². The Hall–Kier alpha value is -2.33. The topological polar surface area (TPSA) is 58.2 Å². The molecule has 0 fully saturated rings. The first-order valence-corrected chi connectivity index (χ1v) is 12.1. The van der Waals surface area contributed by atoms with Crippen LogP contribution in [-0.2, 0) is 11.0 Å². The molecular formula is C22H13Br2ClF10N2O2. The number of rotatable bonds is 7. The van der Waals surface area contributed by atoms with E-state index in [1.165, 1.54) is 5.32 Å². The fraction of sp³-hybridized carbons (Fsp3) is 0.273. The first-order valence-electron chi connectivity index (χ1n) is 10.1. The number of hydrogen-bond donors (Lipinski definition) is 2. The molecule has 4 nitrogen and oxygen atoms in total. The van der Waals surface area contributed by atoms with Gasteiger partial charge in [-0.1, -0.05) is 17.7 Å². The molecule has 2 aromatic carbocycles. The summed E-state index contributed by atoms with van der Waals surface area (Å²) in [4.78, 5) is 23.6. The van der Waals surface area contributed by atoms with Crippen LogP contribution in [0.1, 0.15) is 33.0 Å². The molecule has 2 rings (SSSR count). The number of amides is 2. The predicted octanol–water partition coefficient (Wildman–Crippen LogP) is 7.95. The molecule has 0 radical (unpaired) electrons. The van der Waals surface area contributed by atoms with E-state index in [-0.39, 0.29) is 26.1 Å². The zero-order chi connectivity index (χ0) is 29.9. The highest BCUT2D eigenvalue weighted by molar-refractivity contribution is 9.11. The minimum atomic E-state index is -5.31. The maximum atomic E-state index is 14.9. The summed E-state index contributed by atoms with van der Waals surface area (Å²) in [7, 11) is 0. The molecule has 0 aliphatic rings. The lowest BCUT2D eigenvalue weighted by Gasteiger charge is -2.19. The predicted molar refractivity (Wildman–Crippen MR) is 128 cm³/mol. The molecule has 39 heavy (non-hydrogen) atoms. The average Bonchev–Trinajstić information content (AvgIpc) is 2.80. The molecule has 214 valence electrons. The third-order valence-corrected chi connectivity index (χ3v) is 6.89. The van der Waals surface area contributed by atoms with Crippen LogP contribution in [0.15, 0.2) is 45.4 Å². The van der Waals surface area contributed by atoms with Gasteiger partial charge in [0.25, 0.3) is 5.91 Å². The van der Waals surface area contributed by atoms with E-state index in [0.29, 0.717) is 12.1 Å². The van der Waals surface area contributed by atoms with Crippen molar-refractivity contribution in [2.24, 2.45) is 0 Å². The Morgan fingerprint density at radius 2 is 1.49 bits per heavy atom. The van der Waals surface area contributed by atoms with Crippen LogP contribution in [0.2, 0.25) is 5.02 Å². The fourth-order valence-electron chi connectivity index (χ4n) is 3.02. The van der Waals surface area contributed by atoms with Crippen molar-refractivity contribution in [2.45, 2.75) is 24.4 Å². The van der Waals surface area contributed by atoms with E-state index in [1.54, 1.807) is 5.32 Å². The van der Waals surface area contributed by atoms with E-state index in [0.717, 1.165) is 12.1 Å². The Morgan fingerprint density at radius 3 is 1.97 bits per heavy atom. The molecule has 17 heteroatoms. The van der Waals surface area contributed by atoms with Crippen LogP contribution in [0.5, 0.6) is 0 Å². The van der Waals surface area contributed by atoms with E-state index < -0.39 is 77.4 Å².